The second kappa shape index (κ2) is 29.7. The van der Waals surface area contributed by atoms with Gasteiger partial charge in [-0.2, -0.15) is 0 Å². The molecular formula is C47H66N12O12S2. The molecule has 2 saturated heterocycles. The summed E-state index contributed by atoms with van der Waals surface area (Å²) < 4.78 is 0. The Morgan fingerprint density at radius 2 is 1.27 bits per heavy atom. The molecule has 2 aliphatic heterocycles. The molecule has 398 valence electrons. The SMILES string of the molecule is NCCCCC(CC(=O)C1CCCN1C(=O)C1CSSCC(N)C(=O)NC(Cc2ccc(O)cc2)C(=O)NC(Cc2ccccc2)C(=O)NC(CCC(N)=O)C(=O)NC(CC(N)=O)C(=O)N1)C(=O)NCC(N)=O. The number of carbonyl (C=O) groups is 11. The summed E-state index contributed by atoms with van der Waals surface area (Å²) in [5, 5.41) is 25.2. The number of phenols is 1. The van der Waals surface area contributed by atoms with Crippen LogP contribution in [-0.2, 0) is 65.6 Å². The van der Waals surface area contributed by atoms with Gasteiger partial charge in [0, 0.05) is 49.7 Å². The number of ketones is 1. The molecular weight excluding hydrogens is 989 g/mol. The van der Waals surface area contributed by atoms with Crippen molar-refractivity contribution < 1.29 is 57.8 Å². The maximum atomic E-state index is 14.6. The van der Waals surface area contributed by atoms with Crippen molar-refractivity contribution in [2.24, 2.45) is 34.6 Å². The van der Waals surface area contributed by atoms with Crippen LogP contribution in [0.4, 0.5) is 0 Å². The Balaban J connectivity index is 1.71. The second-order valence-electron chi connectivity index (χ2n) is 17.7. The van der Waals surface area contributed by atoms with Gasteiger partial charge in [-0.25, -0.2) is 0 Å². The molecule has 2 fully saturated rings. The van der Waals surface area contributed by atoms with Crippen LogP contribution in [0.2, 0.25) is 0 Å². The van der Waals surface area contributed by atoms with Crippen molar-refractivity contribution in [3.63, 3.8) is 0 Å². The van der Waals surface area contributed by atoms with E-state index in [0.717, 1.165) is 21.6 Å². The molecule has 0 aromatic heterocycles. The number of rotatable bonds is 20. The molecule has 17 N–H and O–H groups in total. The highest BCUT2D eigenvalue weighted by molar-refractivity contribution is 8.76. The van der Waals surface area contributed by atoms with E-state index in [2.05, 4.69) is 31.9 Å². The van der Waals surface area contributed by atoms with E-state index >= 15 is 0 Å². The summed E-state index contributed by atoms with van der Waals surface area (Å²) in [6.07, 6.45) is -0.337. The van der Waals surface area contributed by atoms with Gasteiger partial charge in [-0.05, 0) is 61.9 Å². The zero-order valence-electron chi connectivity index (χ0n) is 40.2. The van der Waals surface area contributed by atoms with E-state index in [1.165, 1.54) is 29.2 Å². The molecule has 24 nitrogen and oxygen atoms in total. The van der Waals surface area contributed by atoms with Crippen molar-refractivity contribution in [1.82, 2.24) is 36.8 Å². The summed E-state index contributed by atoms with van der Waals surface area (Å²) in [5.41, 5.74) is 29.3. The number of Topliss-reactive ketones (excluding diaryl/α,β-unsaturated/α-hetero) is 1. The van der Waals surface area contributed by atoms with Crippen LogP contribution in [0.1, 0.15) is 68.9 Å². The monoisotopic (exact) mass is 1050 g/mol. The fourth-order valence-electron chi connectivity index (χ4n) is 8.08. The highest BCUT2D eigenvalue weighted by Gasteiger charge is 2.40. The highest BCUT2D eigenvalue weighted by Crippen LogP contribution is 2.27. The third-order valence-corrected chi connectivity index (χ3v) is 14.4. The molecule has 4 rings (SSSR count). The predicted octanol–water partition coefficient (Wildman–Crippen LogP) is -3.24. The van der Waals surface area contributed by atoms with Crippen LogP contribution in [0.15, 0.2) is 54.6 Å². The maximum Gasteiger partial charge on any atom is 0.246 e. The second-order valence-corrected chi connectivity index (χ2v) is 20.3. The number of nitrogens with two attached hydrogens (primary N) is 5. The molecule has 8 unspecified atom stereocenters. The lowest BCUT2D eigenvalue weighted by Crippen LogP contribution is -2.61. The fourth-order valence-corrected chi connectivity index (χ4v) is 10.4. The lowest BCUT2D eigenvalue weighted by atomic mass is 9.92. The zero-order valence-corrected chi connectivity index (χ0v) is 41.9. The first-order valence-electron chi connectivity index (χ1n) is 23.8. The molecule has 2 aliphatic rings. The number of unbranched alkanes of at least 4 members (excludes halogenated alkanes) is 1. The van der Waals surface area contributed by atoms with Gasteiger partial charge in [0.25, 0.3) is 0 Å². The van der Waals surface area contributed by atoms with Crippen LogP contribution in [0.3, 0.4) is 0 Å². The van der Waals surface area contributed by atoms with Crippen LogP contribution >= 0.6 is 21.6 Å². The summed E-state index contributed by atoms with van der Waals surface area (Å²) in [6, 6.07) is 4.42. The fraction of sp³-hybridized carbons (Fsp3) is 0.511. The molecule has 26 heteroatoms. The van der Waals surface area contributed by atoms with Gasteiger partial charge < -0.3 is 70.6 Å². The average molecular weight is 1060 g/mol. The van der Waals surface area contributed by atoms with E-state index in [1.54, 1.807) is 30.3 Å². The number of nitrogens with one attached hydrogen (secondary N) is 6. The third-order valence-electron chi connectivity index (χ3n) is 12.0. The Hall–Kier alpha value is -6.77. The molecule has 73 heavy (non-hydrogen) atoms. The van der Waals surface area contributed by atoms with Crippen LogP contribution in [-0.4, -0.2) is 148 Å². The van der Waals surface area contributed by atoms with Crippen molar-refractivity contribution in [3.05, 3.63) is 65.7 Å². The van der Waals surface area contributed by atoms with Gasteiger partial charge >= 0.3 is 0 Å². The largest absolute Gasteiger partial charge is 0.508 e. The molecule has 10 amide bonds. The number of amides is 10. The number of carbonyl (C=O) groups excluding carboxylic acids is 11. The first-order chi connectivity index (χ1) is 34.8. The molecule has 2 aromatic carbocycles. The Morgan fingerprint density at radius 1 is 0.699 bits per heavy atom. The first kappa shape index (κ1) is 58.8. The number of benzene rings is 2. The van der Waals surface area contributed by atoms with Crippen LogP contribution < -0.4 is 60.6 Å². The van der Waals surface area contributed by atoms with Gasteiger partial charge in [-0.15, -0.1) is 0 Å². The zero-order chi connectivity index (χ0) is 53.6. The summed E-state index contributed by atoms with van der Waals surface area (Å²) in [7, 11) is 2.05. The van der Waals surface area contributed by atoms with E-state index in [4.69, 9.17) is 28.7 Å². The summed E-state index contributed by atoms with van der Waals surface area (Å²) in [6.45, 7) is -0.0395. The minimum absolute atomic E-state index is 0.0544. The molecule has 0 radical (unpaired) electrons. The van der Waals surface area contributed by atoms with Crippen molar-refractivity contribution >= 4 is 86.4 Å². The van der Waals surface area contributed by atoms with E-state index in [1.807, 2.05) is 0 Å². The maximum absolute atomic E-state index is 14.6. The standard InChI is InChI=1S/C47H66N12O12S2/c48-17-5-4-9-28(41(65)53-23-40(52)64)21-37(61)36-10-6-18-59(36)47(71)35-25-73-72-24-30(49)42(66)55-32(20-27-11-13-29(60)14-12-27)45(69)56-33(19-26-7-2-1-3-8-26)44(68)54-31(15-16-38(50)62)43(67)57-34(22-39(51)63)46(70)58-35/h1-3,7-8,11-14,28,30-36,60H,4-6,9-10,15-25,48-49H2,(H2,50,62)(H2,51,63)(H2,52,64)(H,53,65)(H,54,68)(H,55,66)(H,56,69)(H,57,67)(H,58,70). The van der Waals surface area contributed by atoms with Crippen molar-refractivity contribution in [3.8, 4) is 5.75 Å². The minimum atomic E-state index is -1.77. The molecule has 0 spiro atoms. The van der Waals surface area contributed by atoms with Crippen molar-refractivity contribution in [2.45, 2.75) is 113 Å². The smallest absolute Gasteiger partial charge is 0.246 e. The molecule has 8 atom stereocenters. The average Bonchev–Trinajstić information content (AvgIpc) is 3.85. The minimum Gasteiger partial charge on any atom is -0.508 e. The summed E-state index contributed by atoms with van der Waals surface area (Å²) >= 11 is 0. The first-order valence-corrected chi connectivity index (χ1v) is 26.2. The molecule has 0 bridgehead atoms. The van der Waals surface area contributed by atoms with E-state index in [0.29, 0.717) is 36.9 Å². The Kier molecular flexibility index (Phi) is 23.9. The molecule has 0 aliphatic carbocycles. The van der Waals surface area contributed by atoms with E-state index in [9.17, 15) is 57.8 Å². The van der Waals surface area contributed by atoms with Crippen LogP contribution in [0.5, 0.6) is 5.75 Å². The van der Waals surface area contributed by atoms with Gasteiger partial charge in [0.2, 0.25) is 59.1 Å². The normalized spacial score (nSPS) is 23.1. The summed E-state index contributed by atoms with van der Waals surface area (Å²) in [5.74, 6) is -10.4. The Morgan fingerprint density at radius 3 is 1.89 bits per heavy atom. The number of hydrogen-bond donors (Lipinski definition) is 12. The van der Waals surface area contributed by atoms with Crippen LogP contribution in [0.25, 0.3) is 0 Å². The van der Waals surface area contributed by atoms with Crippen LogP contribution in [0, 0.1) is 5.92 Å². The van der Waals surface area contributed by atoms with Crippen molar-refractivity contribution in [2.75, 3.05) is 31.1 Å². The topological polar surface area (TPSA) is 414 Å². The third kappa shape index (κ3) is 19.6. The van der Waals surface area contributed by atoms with E-state index in [-0.39, 0.29) is 55.9 Å². The van der Waals surface area contributed by atoms with Gasteiger partial charge in [0.1, 0.15) is 36.0 Å². The van der Waals surface area contributed by atoms with Gasteiger partial charge in [0.05, 0.1) is 25.0 Å². The Bertz CT molecular complexity index is 2300. The number of nitrogens with zero attached hydrogens (tertiary/aromatic N) is 1. The lowest BCUT2D eigenvalue weighted by molar-refractivity contribution is -0.141. The molecule has 0 saturated carbocycles. The quantitative estimate of drug-likeness (QED) is 0.0458. The molecule has 2 aromatic rings. The number of aromatic hydroxyl groups is 1. The van der Waals surface area contributed by atoms with Crippen molar-refractivity contribution in [1.29, 1.82) is 0 Å². The number of phenolic OH excluding ortho intramolecular Hbond substituents is 1. The summed E-state index contributed by atoms with van der Waals surface area (Å²) in [4.78, 5) is 149. The lowest BCUT2D eigenvalue weighted by Gasteiger charge is -2.30. The predicted molar refractivity (Wildman–Crippen MR) is 270 cm³/mol. The van der Waals surface area contributed by atoms with Gasteiger partial charge in [0.15, 0.2) is 5.78 Å². The highest BCUT2D eigenvalue weighted by atomic mass is 33.1. The number of hydrogen-bond acceptors (Lipinski definition) is 16. The number of likely N-dealkylation sites (tertiary alicyclic amines) is 1. The molecule has 2 heterocycles. The Labute approximate surface area is 429 Å². The van der Waals surface area contributed by atoms with E-state index < -0.39 is 139 Å². The van der Waals surface area contributed by atoms with Gasteiger partial charge in [-0.3, -0.25) is 52.7 Å². The number of primary amides is 3. The van der Waals surface area contributed by atoms with Gasteiger partial charge in [-0.1, -0.05) is 70.5 Å².